The Balaban J connectivity index is 1.76. The lowest BCUT2D eigenvalue weighted by atomic mass is 10.1. The van der Waals surface area contributed by atoms with Crippen molar-refractivity contribution in [2.75, 3.05) is 12.4 Å². The number of nitrogens with zero attached hydrogens (tertiary/aromatic N) is 4. The van der Waals surface area contributed by atoms with Gasteiger partial charge in [-0.15, -0.1) is 10.2 Å². The van der Waals surface area contributed by atoms with E-state index in [0.29, 0.717) is 27.3 Å². The second-order valence-corrected chi connectivity index (χ2v) is 8.83. The fourth-order valence-corrected chi connectivity index (χ4v) is 4.72. The number of halogens is 1. The molecule has 0 saturated carbocycles. The molecule has 1 aliphatic heterocycles. The van der Waals surface area contributed by atoms with Crippen molar-refractivity contribution in [2.24, 2.45) is 0 Å². The van der Waals surface area contributed by atoms with Crippen molar-refractivity contribution >= 4 is 35.4 Å². The number of carbonyl (C=O) groups is 2. The van der Waals surface area contributed by atoms with E-state index in [2.05, 4.69) is 25.8 Å². The summed E-state index contributed by atoms with van der Waals surface area (Å²) in [6.45, 7) is 5.65. The van der Waals surface area contributed by atoms with Crippen LogP contribution in [0.15, 0.2) is 59.2 Å². The molecule has 0 fully saturated rings. The number of thioether (sulfide) groups is 1. The molecule has 2 aromatic heterocycles. The van der Waals surface area contributed by atoms with Gasteiger partial charge in [0.05, 0.1) is 23.9 Å². The maximum Gasteiger partial charge on any atom is 0.337 e. The first-order valence-corrected chi connectivity index (χ1v) is 12.0. The predicted molar refractivity (Wildman–Crippen MR) is 130 cm³/mol. The van der Waals surface area contributed by atoms with E-state index in [9.17, 15) is 9.59 Å². The van der Waals surface area contributed by atoms with Crippen LogP contribution in [0.3, 0.4) is 0 Å². The summed E-state index contributed by atoms with van der Waals surface area (Å²) in [5.74, 6) is 0.431. The normalized spacial score (nSPS) is 15.6. The topological polar surface area (TPSA) is 111 Å². The van der Waals surface area contributed by atoms with Crippen LogP contribution in [0.1, 0.15) is 19.4 Å². The molecule has 0 spiro atoms. The summed E-state index contributed by atoms with van der Waals surface area (Å²) >= 11 is 7.76. The van der Waals surface area contributed by atoms with Gasteiger partial charge in [-0.05, 0) is 50.6 Å². The predicted octanol–water partition coefficient (Wildman–Crippen LogP) is 3.90. The Morgan fingerprint density at radius 3 is 2.74 bits per heavy atom. The second-order valence-electron chi connectivity index (χ2n) is 7.48. The van der Waals surface area contributed by atoms with Gasteiger partial charge in [0.1, 0.15) is 0 Å². The zero-order valence-corrected chi connectivity index (χ0v) is 20.4. The van der Waals surface area contributed by atoms with Gasteiger partial charge in [0, 0.05) is 34.4 Å². The molecule has 34 heavy (non-hydrogen) atoms. The standard InChI is InChI=1S/C23H23ClN6O3S/c1-4-33-21(31)19-14(3)26-22(32)27-17(19)12-34-23-29-28-20(15-8-10-25-11-9-15)30(23)18-7-5-6-16(24)13(18)2/h5-11,14H,4,12H2,1-3H3,(H2,26,27,32). The molecule has 2 N–H and O–H groups in total. The third-order valence-electron chi connectivity index (χ3n) is 5.26. The van der Waals surface area contributed by atoms with Crippen LogP contribution in [0.5, 0.6) is 0 Å². The molecule has 4 rings (SSSR count). The maximum absolute atomic E-state index is 12.6. The molecular weight excluding hydrogens is 476 g/mol. The monoisotopic (exact) mass is 498 g/mol. The Morgan fingerprint density at radius 1 is 1.24 bits per heavy atom. The fourth-order valence-electron chi connectivity index (χ4n) is 3.64. The summed E-state index contributed by atoms with van der Waals surface area (Å²) in [6.07, 6.45) is 3.38. The minimum atomic E-state index is -0.483. The Labute approximate surface area is 206 Å². The molecular formula is C23H23ClN6O3S. The summed E-state index contributed by atoms with van der Waals surface area (Å²) in [5.41, 5.74) is 3.39. The van der Waals surface area contributed by atoms with E-state index >= 15 is 0 Å². The first kappa shape index (κ1) is 23.8. The van der Waals surface area contributed by atoms with E-state index in [4.69, 9.17) is 16.3 Å². The van der Waals surface area contributed by atoms with Gasteiger partial charge in [0.15, 0.2) is 11.0 Å². The molecule has 1 atom stereocenters. The number of aromatic nitrogens is 4. The van der Waals surface area contributed by atoms with Crippen LogP contribution in [0.25, 0.3) is 17.1 Å². The molecule has 0 radical (unpaired) electrons. The van der Waals surface area contributed by atoms with Crippen LogP contribution < -0.4 is 10.6 Å². The molecule has 9 nitrogen and oxygen atoms in total. The second kappa shape index (κ2) is 10.3. The van der Waals surface area contributed by atoms with Gasteiger partial charge in [-0.25, -0.2) is 9.59 Å². The van der Waals surface area contributed by atoms with Crippen molar-refractivity contribution in [1.82, 2.24) is 30.4 Å². The molecule has 1 aliphatic rings. The molecule has 3 aromatic rings. The van der Waals surface area contributed by atoms with Gasteiger partial charge in [0.2, 0.25) is 0 Å². The van der Waals surface area contributed by atoms with E-state index in [1.54, 1.807) is 26.2 Å². The number of nitrogens with one attached hydrogen (secondary N) is 2. The molecule has 1 unspecified atom stereocenters. The molecule has 2 amide bonds. The quantitative estimate of drug-likeness (QED) is 0.375. The zero-order chi connectivity index (χ0) is 24.2. The SMILES string of the molecule is CCOC(=O)C1=C(CSc2nnc(-c3ccncc3)n2-c2cccc(Cl)c2C)NC(=O)NC1C. The molecule has 0 bridgehead atoms. The van der Waals surface area contributed by atoms with Gasteiger partial charge in [-0.2, -0.15) is 0 Å². The maximum atomic E-state index is 12.6. The highest BCUT2D eigenvalue weighted by Crippen LogP contribution is 2.32. The average molecular weight is 499 g/mol. The Bertz CT molecular complexity index is 1260. The minimum absolute atomic E-state index is 0.237. The van der Waals surface area contributed by atoms with Gasteiger partial charge in [0.25, 0.3) is 0 Å². The third kappa shape index (κ3) is 4.78. The largest absolute Gasteiger partial charge is 0.463 e. The van der Waals surface area contributed by atoms with Gasteiger partial charge in [-0.3, -0.25) is 9.55 Å². The lowest BCUT2D eigenvalue weighted by Gasteiger charge is -2.26. The van der Waals surface area contributed by atoms with Crippen LogP contribution in [-0.4, -0.2) is 50.2 Å². The van der Waals surface area contributed by atoms with Crippen LogP contribution in [0, 0.1) is 6.92 Å². The van der Waals surface area contributed by atoms with E-state index in [1.807, 2.05) is 41.8 Å². The van der Waals surface area contributed by atoms with E-state index in [0.717, 1.165) is 16.8 Å². The zero-order valence-electron chi connectivity index (χ0n) is 18.8. The number of amides is 2. The summed E-state index contributed by atoms with van der Waals surface area (Å²) in [4.78, 5) is 28.8. The number of pyridine rings is 1. The minimum Gasteiger partial charge on any atom is -0.463 e. The highest BCUT2D eigenvalue weighted by Gasteiger charge is 2.30. The summed E-state index contributed by atoms with van der Waals surface area (Å²) < 4.78 is 7.12. The number of rotatable bonds is 7. The highest BCUT2D eigenvalue weighted by atomic mass is 35.5. The van der Waals surface area contributed by atoms with E-state index < -0.39 is 12.0 Å². The molecule has 0 aliphatic carbocycles. The van der Waals surface area contributed by atoms with E-state index in [1.165, 1.54) is 11.8 Å². The molecule has 176 valence electrons. The first-order valence-electron chi connectivity index (χ1n) is 10.6. The van der Waals surface area contributed by atoms with Gasteiger partial charge >= 0.3 is 12.0 Å². The number of carbonyl (C=O) groups excluding carboxylic acids is 2. The number of esters is 1. The Hall–Kier alpha value is -3.37. The van der Waals surface area contributed by atoms with Crippen LogP contribution >= 0.6 is 23.4 Å². The van der Waals surface area contributed by atoms with Crippen LogP contribution in [-0.2, 0) is 9.53 Å². The lowest BCUT2D eigenvalue weighted by Crippen LogP contribution is -2.49. The van der Waals surface area contributed by atoms with Gasteiger partial charge < -0.3 is 15.4 Å². The van der Waals surface area contributed by atoms with Crippen molar-refractivity contribution < 1.29 is 14.3 Å². The van der Waals surface area contributed by atoms with Crippen molar-refractivity contribution in [2.45, 2.75) is 32.0 Å². The summed E-state index contributed by atoms with van der Waals surface area (Å²) in [6, 6.07) is 8.48. The molecule has 11 heteroatoms. The smallest absolute Gasteiger partial charge is 0.337 e. The van der Waals surface area contributed by atoms with Crippen LogP contribution in [0.2, 0.25) is 5.02 Å². The average Bonchev–Trinajstić information content (AvgIpc) is 3.23. The summed E-state index contributed by atoms with van der Waals surface area (Å²) in [5, 5.41) is 15.5. The van der Waals surface area contributed by atoms with Crippen molar-refractivity contribution in [3.05, 3.63) is 64.6 Å². The third-order valence-corrected chi connectivity index (χ3v) is 6.63. The molecule has 3 heterocycles. The molecule has 1 aromatic carbocycles. The Morgan fingerprint density at radius 2 is 2.00 bits per heavy atom. The summed E-state index contributed by atoms with van der Waals surface area (Å²) in [7, 11) is 0. The van der Waals surface area contributed by atoms with Crippen LogP contribution in [0.4, 0.5) is 4.79 Å². The molecule has 0 saturated heterocycles. The van der Waals surface area contributed by atoms with Crippen molar-refractivity contribution in [3.8, 4) is 17.1 Å². The number of hydrogen-bond acceptors (Lipinski definition) is 7. The number of hydrogen-bond donors (Lipinski definition) is 2. The highest BCUT2D eigenvalue weighted by molar-refractivity contribution is 7.99. The van der Waals surface area contributed by atoms with E-state index in [-0.39, 0.29) is 18.4 Å². The first-order chi connectivity index (χ1) is 16.4. The number of urea groups is 1. The van der Waals surface area contributed by atoms with Crippen molar-refractivity contribution in [1.29, 1.82) is 0 Å². The van der Waals surface area contributed by atoms with Crippen molar-refractivity contribution in [3.63, 3.8) is 0 Å². The Kier molecular flexibility index (Phi) is 7.18. The lowest BCUT2D eigenvalue weighted by molar-refractivity contribution is -0.138. The number of benzene rings is 1. The van der Waals surface area contributed by atoms with Gasteiger partial charge in [-0.1, -0.05) is 29.4 Å². The fraction of sp³-hybridized carbons (Fsp3) is 0.261. The number of ether oxygens (including phenoxy) is 1.